The molecular weight excluding hydrogens is 254 g/mol. The molecule has 0 spiro atoms. The highest BCUT2D eigenvalue weighted by Crippen LogP contribution is 2.22. The van der Waals surface area contributed by atoms with Gasteiger partial charge in [-0.3, -0.25) is 4.57 Å². The first-order valence-electron chi connectivity index (χ1n) is 6.21. The number of aromatic nitrogens is 4. The van der Waals surface area contributed by atoms with Crippen LogP contribution >= 0.6 is 0 Å². The largest absolute Gasteiger partial charge is 0.481 e. The summed E-state index contributed by atoms with van der Waals surface area (Å²) in [6.45, 7) is 4.14. The van der Waals surface area contributed by atoms with E-state index in [9.17, 15) is 0 Å². The van der Waals surface area contributed by atoms with Gasteiger partial charge in [-0.05, 0) is 37.1 Å². The molecule has 0 atom stereocenters. The lowest BCUT2D eigenvalue weighted by atomic mass is 10.1. The molecular formula is C14H15N5O. The number of nitrogen functional groups attached to an aromatic ring is 1. The van der Waals surface area contributed by atoms with Crippen LogP contribution in [0.5, 0.6) is 5.88 Å². The summed E-state index contributed by atoms with van der Waals surface area (Å²) in [7, 11) is 1.55. The van der Waals surface area contributed by atoms with E-state index in [1.54, 1.807) is 19.5 Å². The number of benzene rings is 1. The summed E-state index contributed by atoms with van der Waals surface area (Å²) >= 11 is 0. The topological polar surface area (TPSA) is 78.8 Å². The lowest BCUT2D eigenvalue weighted by Crippen LogP contribution is -2.03. The number of nitrogens with zero attached hydrogens (tertiary/aromatic N) is 4. The molecule has 0 bridgehead atoms. The van der Waals surface area contributed by atoms with Gasteiger partial charge in [0.1, 0.15) is 12.1 Å². The van der Waals surface area contributed by atoms with Crippen molar-refractivity contribution < 1.29 is 4.74 Å². The average Bonchev–Trinajstić information content (AvgIpc) is 2.81. The van der Waals surface area contributed by atoms with E-state index >= 15 is 0 Å². The van der Waals surface area contributed by atoms with Crippen LogP contribution in [-0.2, 0) is 0 Å². The van der Waals surface area contributed by atoms with Crippen LogP contribution in [0, 0.1) is 13.8 Å². The third-order valence-electron chi connectivity index (χ3n) is 3.33. The molecule has 0 amide bonds. The van der Waals surface area contributed by atoms with Gasteiger partial charge in [-0.2, -0.15) is 9.97 Å². The van der Waals surface area contributed by atoms with Gasteiger partial charge in [0.05, 0.1) is 18.1 Å². The van der Waals surface area contributed by atoms with Crippen LogP contribution in [0.3, 0.4) is 0 Å². The highest BCUT2D eigenvalue weighted by Gasteiger charge is 2.10. The Hall–Kier alpha value is -2.63. The fourth-order valence-corrected chi connectivity index (χ4v) is 2.10. The maximum atomic E-state index is 5.70. The zero-order valence-corrected chi connectivity index (χ0v) is 11.6. The number of hydrogen-bond donors (Lipinski definition) is 1. The third kappa shape index (κ3) is 1.95. The van der Waals surface area contributed by atoms with E-state index in [-0.39, 0.29) is 5.95 Å². The van der Waals surface area contributed by atoms with Crippen molar-refractivity contribution in [2.24, 2.45) is 0 Å². The Morgan fingerprint density at radius 1 is 1.10 bits per heavy atom. The summed E-state index contributed by atoms with van der Waals surface area (Å²) in [4.78, 5) is 12.6. The Kier molecular flexibility index (Phi) is 2.78. The summed E-state index contributed by atoms with van der Waals surface area (Å²) in [5.41, 5.74) is 10.0. The van der Waals surface area contributed by atoms with E-state index < -0.39 is 0 Å². The molecule has 0 aliphatic rings. The molecule has 2 aromatic heterocycles. The van der Waals surface area contributed by atoms with Crippen molar-refractivity contribution in [2.75, 3.05) is 12.8 Å². The van der Waals surface area contributed by atoms with Crippen LogP contribution < -0.4 is 10.5 Å². The van der Waals surface area contributed by atoms with Crippen molar-refractivity contribution in [3.63, 3.8) is 0 Å². The molecule has 3 rings (SSSR count). The fourth-order valence-electron chi connectivity index (χ4n) is 2.10. The van der Waals surface area contributed by atoms with E-state index in [4.69, 9.17) is 10.5 Å². The van der Waals surface area contributed by atoms with E-state index in [1.807, 2.05) is 4.57 Å². The number of fused-ring (bicyclic) bond motifs is 1. The summed E-state index contributed by atoms with van der Waals surface area (Å²) < 4.78 is 7.00. The number of nitrogens with two attached hydrogens (primary N) is 1. The van der Waals surface area contributed by atoms with Crippen LogP contribution in [0.25, 0.3) is 16.9 Å². The summed E-state index contributed by atoms with van der Waals surface area (Å²) in [6.07, 6.45) is 1.73. The molecule has 0 fully saturated rings. The molecule has 20 heavy (non-hydrogen) atoms. The van der Waals surface area contributed by atoms with Gasteiger partial charge in [0, 0.05) is 6.07 Å². The monoisotopic (exact) mass is 269 g/mol. The molecule has 0 radical (unpaired) electrons. The standard InChI is InChI=1S/C14H15N5O/c1-8-4-10-11(5-9(8)2)19(7-16-10)12-6-13(20-3)18-14(15)17-12/h4-7H,1-3H3,(H2,15,17,18). The predicted octanol–water partition coefficient (Wildman–Crippen LogP) is 2.02. The van der Waals surface area contributed by atoms with Crippen molar-refractivity contribution in [1.82, 2.24) is 19.5 Å². The van der Waals surface area contributed by atoms with Crippen LogP contribution in [-0.4, -0.2) is 26.6 Å². The zero-order chi connectivity index (χ0) is 14.3. The van der Waals surface area contributed by atoms with Gasteiger partial charge in [-0.1, -0.05) is 0 Å². The first-order valence-corrected chi connectivity index (χ1v) is 6.21. The molecule has 0 aliphatic carbocycles. The Morgan fingerprint density at radius 3 is 2.60 bits per heavy atom. The van der Waals surface area contributed by atoms with Gasteiger partial charge >= 0.3 is 0 Å². The quantitative estimate of drug-likeness (QED) is 0.770. The van der Waals surface area contributed by atoms with Gasteiger partial charge < -0.3 is 10.5 Å². The Morgan fingerprint density at radius 2 is 1.85 bits per heavy atom. The Labute approximate surface area is 116 Å². The van der Waals surface area contributed by atoms with Gasteiger partial charge in [0.25, 0.3) is 0 Å². The molecule has 1 aromatic carbocycles. The number of rotatable bonds is 2. The minimum atomic E-state index is 0.171. The molecule has 0 unspecified atom stereocenters. The molecule has 2 heterocycles. The van der Waals surface area contributed by atoms with E-state index in [2.05, 4.69) is 40.9 Å². The Bertz CT molecular complexity index is 794. The maximum Gasteiger partial charge on any atom is 0.225 e. The smallest absolute Gasteiger partial charge is 0.225 e. The van der Waals surface area contributed by atoms with Crippen LogP contribution in [0.15, 0.2) is 24.5 Å². The molecule has 0 aliphatic heterocycles. The van der Waals surface area contributed by atoms with E-state index in [1.165, 1.54) is 11.1 Å². The molecule has 0 saturated carbocycles. The highest BCUT2D eigenvalue weighted by atomic mass is 16.5. The number of ether oxygens (including phenoxy) is 1. The van der Waals surface area contributed by atoms with Crippen molar-refractivity contribution >= 4 is 17.0 Å². The minimum absolute atomic E-state index is 0.171. The van der Waals surface area contributed by atoms with Gasteiger partial charge in [0.2, 0.25) is 11.8 Å². The first kappa shape index (κ1) is 12.4. The molecule has 3 aromatic rings. The zero-order valence-electron chi connectivity index (χ0n) is 11.6. The first-order chi connectivity index (χ1) is 9.58. The molecule has 2 N–H and O–H groups in total. The number of imidazole rings is 1. The second-order valence-electron chi connectivity index (χ2n) is 4.67. The van der Waals surface area contributed by atoms with E-state index in [0.29, 0.717) is 11.7 Å². The molecule has 6 heteroatoms. The lowest BCUT2D eigenvalue weighted by Gasteiger charge is -2.07. The van der Waals surface area contributed by atoms with Crippen molar-refractivity contribution in [3.05, 3.63) is 35.7 Å². The number of aryl methyl sites for hydroxylation is 2. The number of anilines is 1. The van der Waals surface area contributed by atoms with Crippen LogP contribution in [0.2, 0.25) is 0 Å². The van der Waals surface area contributed by atoms with Crippen molar-refractivity contribution in [1.29, 1.82) is 0 Å². The molecule has 0 saturated heterocycles. The van der Waals surface area contributed by atoms with Crippen molar-refractivity contribution in [3.8, 4) is 11.7 Å². The maximum absolute atomic E-state index is 5.70. The number of methoxy groups -OCH3 is 1. The van der Waals surface area contributed by atoms with E-state index in [0.717, 1.165) is 11.0 Å². The lowest BCUT2D eigenvalue weighted by molar-refractivity contribution is 0.397. The van der Waals surface area contributed by atoms with Gasteiger partial charge in [-0.25, -0.2) is 4.98 Å². The SMILES string of the molecule is COc1cc(-n2cnc3cc(C)c(C)cc32)nc(N)n1. The molecule has 102 valence electrons. The predicted molar refractivity (Wildman–Crippen MR) is 77.1 cm³/mol. The third-order valence-corrected chi connectivity index (χ3v) is 3.33. The van der Waals surface area contributed by atoms with Crippen molar-refractivity contribution in [2.45, 2.75) is 13.8 Å². The van der Waals surface area contributed by atoms with Crippen LogP contribution in [0.1, 0.15) is 11.1 Å². The Balaban J connectivity index is 2.24. The normalized spacial score (nSPS) is 10.9. The van der Waals surface area contributed by atoms with Crippen LogP contribution in [0.4, 0.5) is 5.95 Å². The fraction of sp³-hybridized carbons (Fsp3) is 0.214. The average molecular weight is 269 g/mol. The summed E-state index contributed by atoms with van der Waals surface area (Å²) in [6, 6.07) is 5.87. The second-order valence-corrected chi connectivity index (χ2v) is 4.67. The summed E-state index contributed by atoms with van der Waals surface area (Å²) in [5, 5.41) is 0. The number of hydrogen-bond acceptors (Lipinski definition) is 5. The molecule has 6 nitrogen and oxygen atoms in total. The highest BCUT2D eigenvalue weighted by molar-refractivity contribution is 5.79. The summed E-state index contributed by atoms with van der Waals surface area (Å²) in [5.74, 6) is 1.24. The minimum Gasteiger partial charge on any atom is -0.481 e. The van der Waals surface area contributed by atoms with Gasteiger partial charge in [0.15, 0.2) is 0 Å². The van der Waals surface area contributed by atoms with Gasteiger partial charge in [-0.15, -0.1) is 0 Å². The second kappa shape index (κ2) is 4.48.